The predicted octanol–water partition coefficient (Wildman–Crippen LogP) is 1.28. The quantitative estimate of drug-likeness (QED) is 0.855. The van der Waals surface area contributed by atoms with Gasteiger partial charge in [-0.3, -0.25) is 9.69 Å². The van der Waals surface area contributed by atoms with E-state index in [0.29, 0.717) is 12.0 Å². The third kappa shape index (κ3) is 4.24. The number of hydrogen-bond acceptors (Lipinski definition) is 5. The Hall–Kier alpha value is -2.25. The van der Waals surface area contributed by atoms with Gasteiger partial charge in [-0.15, -0.1) is 0 Å². The van der Waals surface area contributed by atoms with Crippen LogP contribution in [0.5, 0.6) is 0 Å². The maximum absolute atomic E-state index is 12.7. The number of pyridine rings is 1. The minimum atomic E-state index is -0.0835. The van der Waals surface area contributed by atoms with Gasteiger partial charge in [0, 0.05) is 31.9 Å². The summed E-state index contributed by atoms with van der Waals surface area (Å²) in [5.41, 5.74) is 1.48. The number of rotatable bonds is 6. The maximum atomic E-state index is 12.7. The molecule has 134 valence electrons. The molecule has 0 aliphatic carbocycles. The molecule has 1 aliphatic rings. The smallest absolute Gasteiger partial charge is 0.255 e. The zero-order valence-corrected chi connectivity index (χ0v) is 14.8. The molecule has 0 aromatic carbocycles. The van der Waals surface area contributed by atoms with E-state index >= 15 is 0 Å². The Morgan fingerprint density at radius 2 is 2.16 bits per heavy atom. The van der Waals surface area contributed by atoms with Crippen LogP contribution in [0.1, 0.15) is 29.9 Å². The highest BCUT2D eigenvalue weighted by Crippen LogP contribution is 2.14. The van der Waals surface area contributed by atoms with Gasteiger partial charge in [-0.05, 0) is 25.5 Å². The Morgan fingerprint density at radius 1 is 1.36 bits per heavy atom. The average Bonchev–Trinajstić information content (AvgIpc) is 3.07. The number of amides is 1. The SMILES string of the molecule is CCc1c(C(=O)N[C@H](C)CN2CCOCC2)cnn1-c1ccccn1. The highest BCUT2D eigenvalue weighted by molar-refractivity contribution is 5.95. The summed E-state index contributed by atoms with van der Waals surface area (Å²) in [7, 11) is 0. The summed E-state index contributed by atoms with van der Waals surface area (Å²) >= 11 is 0. The molecule has 1 atom stereocenters. The number of morpholine rings is 1. The molecule has 1 fully saturated rings. The molecule has 1 aliphatic heterocycles. The summed E-state index contributed by atoms with van der Waals surface area (Å²) in [6, 6.07) is 5.72. The lowest BCUT2D eigenvalue weighted by Crippen LogP contribution is -2.46. The summed E-state index contributed by atoms with van der Waals surface area (Å²) < 4.78 is 7.10. The number of aromatic nitrogens is 3. The van der Waals surface area contributed by atoms with Crippen molar-refractivity contribution in [2.45, 2.75) is 26.3 Å². The Morgan fingerprint density at radius 3 is 2.84 bits per heavy atom. The van der Waals surface area contributed by atoms with Crippen LogP contribution in [0.2, 0.25) is 0 Å². The summed E-state index contributed by atoms with van der Waals surface area (Å²) in [6.45, 7) is 8.22. The van der Waals surface area contributed by atoms with Crippen LogP contribution < -0.4 is 5.32 Å². The van der Waals surface area contributed by atoms with Gasteiger partial charge in [0.25, 0.3) is 5.91 Å². The summed E-state index contributed by atoms with van der Waals surface area (Å²) in [5.74, 6) is 0.638. The predicted molar refractivity (Wildman–Crippen MR) is 94.9 cm³/mol. The second-order valence-electron chi connectivity index (χ2n) is 6.25. The first kappa shape index (κ1) is 17.6. The zero-order valence-electron chi connectivity index (χ0n) is 14.8. The van der Waals surface area contributed by atoms with Crippen molar-refractivity contribution in [2.75, 3.05) is 32.8 Å². The lowest BCUT2D eigenvalue weighted by molar-refractivity contribution is 0.0342. The van der Waals surface area contributed by atoms with E-state index in [1.165, 1.54) is 0 Å². The monoisotopic (exact) mass is 343 g/mol. The van der Waals surface area contributed by atoms with Gasteiger partial charge in [0.1, 0.15) is 0 Å². The van der Waals surface area contributed by atoms with Crippen molar-refractivity contribution < 1.29 is 9.53 Å². The molecular formula is C18H25N5O2. The largest absolute Gasteiger partial charge is 0.379 e. The molecule has 0 radical (unpaired) electrons. The summed E-state index contributed by atoms with van der Waals surface area (Å²) in [4.78, 5) is 19.3. The molecule has 2 aromatic heterocycles. The van der Waals surface area contributed by atoms with Crippen LogP contribution in [0.3, 0.4) is 0 Å². The number of nitrogens with one attached hydrogen (secondary N) is 1. The molecule has 0 unspecified atom stereocenters. The van der Waals surface area contributed by atoms with E-state index in [-0.39, 0.29) is 11.9 Å². The van der Waals surface area contributed by atoms with Crippen molar-refractivity contribution in [1.29, 1.82) is 0 Å². The van der Waals surface area contributed by atoms with E-state index < -0.39 is 0 Å². The van der Waals surface area contributed by atoms with Gasteiger partial charge >= 0.3 is 0 Å². The van der Waals surface area contributed by atoms with Gasteiger partial charge in [-0.25, -0.2) is 9.67 Å². The molecule has 3 rings (SSSR count). The lowest BCUT2D eigenvalue weighted by Gasteiger charge is -2.29. The van der Waals surface area contributed by atoms with Gasteiger partial charge in [0.15, 0.2) is 5.82 Å². The lowest BCUT2D eigenvalue weighted by atomic mass is 10.1. The molecule has 2 aromatic rings. The molecule has 0 bridgehead atoms. The van der Waals surface area contributed by atoms with E-state index in [9.17, 15) is 4.79 Å². The third-order valence-corrected chi connectivity index (χ3v) is 4.33. The molecular weight excluding hydrogens is 318 g/mol. The molecule has 0 spiro atoms. The van der Waals surface area contributed by atoms with Gasteiger partial charge in [0.05, 0.1) is 30.7 Å². The van der Waals surface area contributed by atoms with Crippen molar-refractivity contribution in [3.8, 4) is 5.82 Å². The van der Waals surface area contributed by atoms with E-state index in [1.807, 2.05) is 32.0 Å². The van der Waals surface area contributed by atoms with E-state index in [1.54, 1.807) is 17.1 Å². The van der Waals surface area contributed by atoms with Crippen LogP contribution in [-0.2, 0) is 11.2 Å². The maximum Gasteiger partial charge on any atom is 0.255 e. The second kappa shape index (κ2) is 8.22. The van der Waals surface area contributed by atoms with Crippen molar-refractivity contribution in [3.05, 3.63) is 41.9 Å². The molecule has 1 amide bonds. The van der Waals surface area contributed by atoms with Crippen molar-refractivity contribution >= 4 is 5.91 Å². The molecule has 1 N–H and O–H groups in total. The highest BCUT2D eigenvalue weighted by Gasteiger charge is 2.20. The summed E-state index contributed by atoms with van der Waals surface area (Å²) in [6.07, 6.45) is 4.06. The standard InChI is InChI=1S/C18H25N5O2/c1-3-16-15(12-20-23(16)17-6-4-5-7-19-17)18(24)21-14(2)13-22-8-10-25-11-9-22/h4-7,12,14H,3,8-11,13H2,1-2H3,(H,21,24)/t14-/m1/s1. The fraction of sp³-hybridized carbons (Fsp3) is 0.500. The fourth-order valence-corrected chi connectivity index (χ4v) is 3.10. The number of carbonyl (C=O) groups excluding carboxylic acids is 1. The summed E-state index contributed by atoms with van der Waals surface area (Å²) in [5, 5.41) is 7.46. The van der Waals surface area contributed by atoms with Crippen molar-refractivity contribution in [1.82, 2.24) is 25.0 Å². The molecule has 3 heterocycles. The van der Waals surface area contributed by atoms with E-state index in [2.05, 4.69) is 20.3 Å². The molecule has 0 saturated carbocycles. The Bertz CT molecular complexity index is 695. The number of nitrogens with zero attached hydrogens (tertiary/aromatic N) is 4. The van der Waals surface area contributed by atoms with E-state index in [0.717, 1.165) is 44.4 Å². The second-order valence-corrected chi connectivity index (χ2v) is 6.25. The highest BCUT2D eigenvalue weighted by atomic mass is 16.5. The van der Waals surface area contributed by atoms with Crippen LogP contribution in [0.25, 0.3) is 5.82 Å². The topological polar surface area (TPSA) is 72.3 Å². The van der Waals surface area contributed by atoms with Crippen LogP contribution in [-0.4, -0.2) is 64.5 Å². The van der Waals surface area contributed by atoms with Gasteiger partial charge < -0.3 is 10.1 Å². The minimum Gasteiger partial charge on any atom is -0.379 e. The van der Waals surface area contributed by atoms with Gasteiger partial charge in [-0.1, -0.05) is 13.0 Å². The normalized spacial score (nSPS) is 16.6. The average molecular weight is 343 g/mol. The first-order valence-electron chi connectivity index (χ1n) is 8.78. The van der Waals surface area contributed by atoms with Crippen LogP contribution in [0.4, 0.5) is 0 Å². The molecule has 1 saturated heterocycles. The molecule has 7 heteroatoms. The Kier molecular flexibility index (Phi) is 5.78. The van der Waals surface area contributed by atoms with Crippen LogP contribution >= 0.6 is 0 Å². The third-order valence-electron chi connectivity index (χ3n) is 4.33. The number of ether oxygens (including phenoxy) is 1. The Labute approximate surface area is 148 Å². The minimum absolute atomic E-state index is 0.0634. The first-order valence-corrected chi connectivity index (χ1v) is 8.78. The van der Waals surface area contributed by atoms with Crippen molar-refractivity contribution in [3.63, 3.8) is 0 Å². The van der Waals surface area contributed by atoms with Crippen molar-refractivity contribution in [2.24, 2.45) is 0 Å². The number of carbonyl (C=O) groups is 1. The zero-order chi connectivity index (χ0) is 17.6. The van der Waals surface area contributed by atoms with Gasteiger partial charge in [-0.2, -0.15) is 5.10 Å². The molecule has 25 heavy (non-hydrogen) atoms. The first-order chi connectivity index (χ1) is 12.2. The molecule has 7 nitrogen and oxygen atoms in total. The fourth-order valence-electron chi connectivity index (χ4n) is 3.10. The Balaban J connectivity index is 1.68. The van der Waals surface area contributed by atoms with Gasteiger partial charge in [0.2, 0.25) is 0 Å². The van der Waals surface area contributed by atoms with E-state index in [4.69, 9.17) is 4.74 Å². The number of hydrogen-bond donors (Lipinski definition) is 1. The van der Waals surface area contributed by atoms with Crippen LogP contribution in [0, 0.1) is 0 Å². The van der Waals surface area contributed by atoms with Crippen LogP contribution in [0.15, 0.2) is 30.6 Å².